The lowest BCUT2D eigenvalue weighted by molar-refractivity contribution is -0.130. The fourth-order valence-corrected chi connectivity index (χ4v) is 4.29. The van der Waals surface area contributed by atoms with E-state index in [2.05, 4.69) is 0 Å². The smallest absolute Gasteiger partial charge is 0.227 e. The van der Waals surface area contributed by atoms with Crippen molar-refractivity contribution in [3.63, 3.8) is 0 Å². The van der Waals surface area contributed by atoms with Gasteiger partial charge in [-0.1, -0.05) is 30.3 Å². The third-order valence-electron chi connectivity index (χ3n) is 5.79. The Morgan fingerprint density at radius 2 is 1.85 bits per heavy atom. The number of halogens is 1. The Balaban J connectivity index is 1.44. The van der Waals surface area contributed by atoms with Crippen molar-refractivity contribution >= 4 is 17.5 Å². The Labute approximate surface area is 158 Å². The van der Waals surface area contributed by atoms with Crippen LogP contribution in [0.5, 0.6) is 0 Å². The molecule has 0 aromatic heterocycles. The second kappa shape index (κ2) is 6.80. The van der Waals surface area contributed by atoms with Gasteiger partial charge in [-0.25, -0.2) is 4.39 Å². The van der Waals surface area contributed by atoms with Crippen molar-refractivity contribution in [2.75, 3.05) is 24.5 Å². The van der Waals surface area contributed by atoms with E-state index < -0.39 is 0 Å². The molecule has 0 bridgehead atoms. The van der Waals surface area contributed by atoms with Gasteiger partial charge in [-0.2, -0.15) is 0 Å². The van der Waals surface area contributed by atoms with Crippen LogP contribution >= 0.6 is 0 Å². The predicted molar refractivity (Wildman–Crippen MR) is 102 cm³/mol. The number of anilines is 1. The van der Waals surface area contributed by atoms with Crippen molar-refractivity contribution in [1.29, 1.82) is 0 Å². The molecular weight excluding hydrogens is 343 g/mol. The van der Waals surface area contributed by atoms with Crippen LogP contribution in [0.25, 0.3) is 0 Å². The van der Waals surface area contributed by atoms with E-state index in [-0.39, 0.29) is 29.5 Å². The second-order valence-electron chi connectivity index (χ2n) is 7.81. The number of amides is 2. The van der Waals surface area contributed by atoms with Crippen LogP contribution in [0.1, 0.15) is 24.0 Å². The Morgan fingerprint density at radius 3 is 2.59 bits per heavy atom. The Hall–Kier alpha value is -2.69. The molecule has 2 aromatic rings. The van der Waals surface area contributed by atoms with E-state index in [0.717, 1.165) is 23.2 Å². The van der Waals surface area contributed by atoms with Gasteiger partial charge in [-0.3, -0.25) is 9.59 Å². The van der Waals surface area contributed by atoms with Crippen molar-refractivity contribution in [3.05, 3.63) is 65.5 Å². The number of hydrogen-bond acceptors (Lipinski definition) is 2. The first kappa shape index (κ1) is 17.7. The normalized spacial score (nSPS) is 22.1. The highest BCUT2D eigenvalue weighted by molar-refractivity contribution is 5.97. The van der Waals surface area contributed by atoms with E-state index in [9.17, 15) is 14.0 Å². The summed E-state index contributed by atoms with van der Waals surface area (Å²) in [6, 6.07) is 14.0. The summed E-state index contributed by atoms with van der Waals surface area (Å²) in [6.45, 7) is 3.97. The van der Waals surface area contributed by atoms with E-state index in [4.69, 9.17) is 0 Å². The van der Waals surface area contributed by atoms with Gasteiger partial charge in [0.15, 0.2) is 0 Å². The average Bonchev–Trinajstić information content (AvgIpc) is 3.20. The maximum absolute atomic E-state index is 13.0. The fraction of sp³-hybridized carbons (Fsp3) is 0.364. The maximum atomic E-state index is 13.0. The van der Waals surface area contributed by atoms with Gasteiger partial charge in [0.2, 0.25) is 11.8 Å². The largest absolute Gasteiger partial charge is 0.342 e. The number of likely N-dealkylation sites (tertiary alicyclic amines) is 1. The Kier molecular flexibility index (Phi) is 4.46. The summed E-state index contributed by atoms with van der Waals surface area (Å²) in [5.41, 5.74) is 2.71. The average molecular weight is 366 g/mol. The van der Waals surface area contributed by atoms with E-state index in [1.807, 2.05) is 41.0 Å². The predicted octanol–water partition coefficient (Wildman–Crippen LogP) is 3.33. The fourth-order valence-electron chi connectivity index (χ4n) is 4.29. The molecule has 4 rings (SSSR count). The lowest BCUT2D eigenvalue weighted by Gasteiger charge is -2.25. The van der Waals surface area contributed by atoms with Gasteiger partial charge in [0.25, 0.3) is 0 Å². The van der Waals surface area contributed by atoms with Gasteiger partial charge >= 0.3 is 0 Å². The molecule has 0 saturated carbocycles. The van der Waals surface area contributed by atoms with Crippen LogP contribution < -0.4 is 4.90 Å². The monoisotopic (exact) mass is 366 g/mol. The summed E-state index contributed by atoms with van der Waals surface area (Å²) < 4.78 is 13.0. The molecule has 2 amide bonds. The van der Waals surface area contributed by atoms with Crippen LogP contribution in [0.2, 0.25) is 0 Å². The maximum Gasteiger partial charge on any atom is 0.227 e. The first-order valence-corrected chi connectivity index (χ1v) is 9.34. The highest BCUT2D eigenvalue weighted by Gasteiger charge is 2.48. The first-order valence-electron chi connectivity index (χ1n) is 9.34. The molecule has 140 valence electrons. The van der Waals surface area contributed by atoms with Gasteiger partial charge in [-0.05, 0) is 42.7 Å². The Morgan fingerprint density at radius 1 is 1.11 bits per heavy atom. The molecule has 1 spiro atoms. The number of hydrogen-bond donors (Lipinski definition) is 0. The molecule has 1 atom stereocenters. The van der Waals surface area contributed by atoms with Crippen molar-refractivity contribution in [2.24, 2.45) is 5.41 Å². The number of aryl methyl sites for hydroxylation is 1. The van der Waals surface area contributed by atoms with Crippen LogP contribution in [0.4, 0.5) is 10.1 Å². The molecule has 2 aliphatic heterocycles. The highest BCUT2D eigenvalue weighted by Crippen LogP contribution is 2.42. The summed E-state index contributed by atoms with van der Waals surface area (Å²) in [5, 5.41) is 0. The van der Waals surface area contributed by atoms with Crippen LogP contribution in [-0.2, 0) is 16.0 Å². The molecule has 2 heterocycles. The molecule has 2 aromatic carbocycles. The van der Waals surface area contributed by atoms with Crippen molar-refractivity contribution in [1.82, 2.24) is 4.90 Å². The van der Waals surface area contributed by atoms with Gasteiger partial charge < -0.3 is 9.80 Å². The number of carbonyl (C=O) groups excluding carboxylic acids is 2. The SMILES string of the molecule is Cc1ccccc1N1C[C@@]2(CCN(C(=O)Cc3ccc(F)cc3)C2)CC1=O. The van der Waals surface area contributed by atoms with Gasteiger partial charge in [0, 0.05) is 37.2 Å². The summed E-state index contributed by atoms with van der Waals surface area (Å²) in [4.78, 5) is 29.1. The molecule has 4 nitrogen and oxygen atoms in total. The number of nitrogens with zero attached hydrogens (tertiary/aromatic N) is 2. The number of para-hydroxylation sites is 1. The van der Waals surface area contributed by atoms with Crippen LogP contribution in [0.15, 0.2) is 48.5 Å². The van der Waals surface area contributed by atoms with E-state index in [0.29, 0.717) is 26.1 Å². The van der Waals surface area contributed by atoms with Crippen LogP contribution in [-0.4, -0.2) is 36.3 Å². The molecule has 0 unspecified atom stereocenters. The zero-order chi connectivity index (χ0) is 19.0. The number of rotatable bonds is 3. The van der Waals surface area contributed by atoms with Gasteiger partial charge in [0.05, 0.1) is 6.42 Å². The van der Waals surface area contributed by atoms with Crippen molar-refractivity contribution in [3.8, 4) is 0 Å². The lowest BCUT2D eigenvalue weighted by atomic mass is 9.86. The van der Waals surface area contributed by atoms with Crippen molar-refractivity contribution in [2.45, 2.75) is 26.2 Å². The van der Waals surface area contributed by atoms with E-state index >= 15 is 0 Å². The zero-order valence-electron chi connectivity index (χ0n) is 15.5. The zero-order valence-corrected chi connectivity index (χ0v) is 15.5. The molecule has 0 N–H and O–H groups in total. The second-order valence-corrected chi connectivity index (χ2v) is 7.81. The van der Waals surface area contributed by atoms with Crippen LogP contribution in [0.3, 0.4) is 0 Å². The topological polar surface area (TPSA) is 40.6 Å². The number of benzene rings is 2. The highest BCUT2D eigenvalue weighted by atomic mass is 19.1. The molecule has 2 saturated heterocycles. The minimum absolute atomic E-state index is 0.0419. The quantitative estimate of drug-likeness (QED) is 0.836. The summed E-state index contributed by atoms with van der Waals surface area (Å²) >= 11 is 0. The lowest BCUT2D eigenvalue weighted by Crippen LogP contribution is -2.35. The molecule has 27 heavy (non-hydrogen) atoms. The minimum atomic E-state index is -0.299. The molecule has 0 radical (unpaired) electrons. The Bertz CT molecular complexity index is 880. The summed E-state index contributed by atoms with van der Waals surface area (Å²) in [6.07, 6.45) is 1.60. The third kappa shape index (κ3) is 3.46. The standard InChI is InChI=1S/C22H23FN2O2/c1-16-4-2-3-5-19(16)25-15-22(13-21(25)27)10-11-24(14-22)20(26)12-17-6-8-18(23)9-7-17/h2-9H,10-15H2,1H3/t22-/m0/s1. The van der Waals surface area contributed by atoms with Crippen LogP contribution in [0, 0.1) is 18.2 Å². The third-order valence-corrected chi connectivity index (χ3v) is 5.79. The van der Waals surface area contributed by atoms with E-state index in [1.165, 1.54) is 12.1 Å². The summed E-state index contributed by atoms with van der Waals surface area (Å²) in [7, 11) is 0. The molecule has 5 heteroatoms. The van der Waals surface area contributed by atoms with Gasteiger partial charge in [-0.15, -0.1) is 0 Å². The molecule has 0 aliphatic carbocycles. The molecule has 2 aliphatic rings. The van der Waals surface area contributed by atoms with Crippen molar-refractivity contribution < 1.29 is 14.0 Å². The number of carbonyl (C=O) groups is 2. The van der Waals surface area contributed by atoms with Gasteiger partial charge in [0.1, 0.15) is 5.82 Å². The molecule has 2 fully saturated rings. The van der Waals surface area contributed by atoms with E-state index in [1.54, 1.807) is 12.1 Å². The summed E-state index contributed by atoms with van der Waals surface area (Å²) in [5.74, 6) is -0.121. The molecular formula is C22H23FN2O2. The first-order chi connectivity index (χ1) is 13.0. The minimum Gasteiger partial charge on any atom is -0.342 e.